The van der Waals surface area contributed by atoms with Crippen LogP contribution in [0, 0.1) is 0 Å². The van der Waals surface area contributed by atoms with Gasteiger partial charge in [-0.15, -0.1) is 11.3 Å². The number of amides is 1. The largest absolute Gasteiger partial charge is 0.320 e. The summed E-state index contributed by atoms with van der Waals surface area (Å²) in [5.74, 6) is -0.941. The maximum atomic E-state index is 12.6. The van der Waals surface area contributed by atoms with E-state index in [0.717, 1.165) is 11.3 Å². The normalized spacial score (nSPS) is 12.2. The van der Waals surface area contributed by atoms with Crippen LogP contribution in [0.15, 0.2) is 44.8 Å². The van der Waals surface area contributed by atoms with Gasteiger partial charge in [0.25, 0.3) is 9.70 Å². The number of benzene rings is 1. The lowest BCUT2D eigenvalue weighted by atomic mass is 10.4. The number of halogens is 4. The van der Waals surface area contributed by atoms with Crippen LogP contribution in [0.25, 0.3) is 0 Å². The van der Waals surface area contributed by atoms with Crippen molar-refractivity contribution in [2.75, 3.05) is 5.32 Å². The molecule has 0 aliphatic carbocycles. The molecule has 0 aliphatic heterocycles. The first-order valence-corrected chi connectivity index (χ1v) is 9.51. The Morgan fingerprint density at radius 1 is 1.09 bits per heavy atom. The molecular weight excluding hydrogens is 412 g/mol. The summed E-state index contributed by atoms with van der Waals surface area (Å²) < 4.78 is 23.0. The maximum Gasteiger partial charge on any atom is 0.276 e. The number of hydrogen-bond acceptors (Lipinski definition) is 4. The first-order valence-electron chi connectivity index (χ1n) is 5.57. The molecule has 0 bridgehead atoms. The molecule has 0 fully saturated rings. The van der Waals surface area contributed by atoms with Gasteiger partial charge >= 0.3 is 0 Å². The van der Waals surface area contributed by atoms with Gasteiger partial charge in [0.05, 0.1) is 10.6 Å². The number of sulfone groups is 1. The van der Waals surface area contributed by atoms with Crippen molar-refractivity contribution in [1.82, 2.24) is 0 Å². The van der Waals surface area contributed by atoms with Crippen molar-refractivity contribution in [3.8, 4) is 0 Å². The Hall–Kier alpha value is -0.500. The fourth-order valence-electron chi connectivity index (χ4n) is 1.52. The third kappa shape index (κ3) is 3.88. The first-order chi connectivity index (χ1) is 10.1. The van der Waals surface area contributed by atoms with Gasteiger partial charge < -0.3 is 5.32 Å². The molecule has 22 heavy (non-hydrogen) atoms. The third-order valence-electron chi connectivity index (χ3n) is 2.55. The summed E-state index contributed by atoms with van der Waals surface area (Å²) in [5, 5.41) is 5.53. The van der Waals surface area contributed by atoms with E-state index in [9.17, 15) is 13.2 Å². The van der Waals surface area contributed by atoms with E-state index in [1.807, 2.05) is 0 Å². The molecule has 1 aromatic carbocycles. The van der Waals surface area contributed by atoms with E-state index in [4.69, 9.17) is 46.4 Å². The van der Waals surface area contributed by atoms with E-state index in [-0.39, 0.29) is 15.5 Å². The van der Waals surface area contributed by atoms with E-state index in [2.05, 4.69) is 5.32 Å². The lowest BCUT2D eigenvalue weighted by Crippen LogP contribution is -2.27. The van der Waals surface area contributed by atoms with Crippen molar-refractivity contribution in [2.45, 2.75) is 13.6 Å². The molecule has 1 N–H and O–H groups in total. The molecule has 0 unspecified atom stereocenters. The molecule has 0 radical (unpaired) electrons. The van der Waals surface area contributed by atoms with Crippen LogP contribution in [0.1, 0.15) is 0 Å². The molecule has 0 saturated carbocycles. The molecule has 0 saturated heterocycles. The fourth-order valence-corrected chi connectivity index (χ4v) is 4.32. The molecule has 2 rings (SSSR count). The molecule has 0 aliphatic rings. The molecule has 1 amide bonds. The Morgan fingerprint density at radius 3 is 2.23 bits per heavy atom. The third-order valence-corrected chi connectivity index (χ3v) is 6.01. The zero-order chi connectivity index (χ0) is 16.5. The molecule has 10 heteroatoms. The summed E-state index contributed by atoms with van der Waals surface area (Å²) in [7, 11) is -3.83. The van der Waals surface area contributed by atoms with Gasteiger partial charge in [-0.2, -0.15) is 0 Å². The molecule has 4 nitrogen and oxygen atoms in total. The molecule has 2 aromatic rings. The molecular formula is C12H7Cl4NO3S2. The van der Waals surface area contributed by atoms with E-state index in [1.165, 1.54) is 35.0 Å². The SMILES string of the molecule is O=C(Nc1cscc1S(=O)(=O)c1ccc(Cl)cc1)C(Cl)(Cl)Cl. The van der Waals surface area contributed by atoms with Gasteiger partial charge in [0.2, 0.25) is 9.84 Å². The summed E-state index contributed by atoms with van der Waals surface area (Å²) in [6.07, 6.45) is 0. The number of alkyl halides is 3. The minimum atomic E-state index is -3.83. The summed E-state index contributed by atoms with van der Waals surface area (Å²) in [6.45, 7) is 0. The highest BCUT2D eigenvalue weighted by molar-refractivity contribution is 7.91. The van der Waals surface area contributed by atoms with Crippen LogP contribution in [0.4, 0.5) is 5.69 Å². The lowest BCUT2D eigenvalue weighted by Gasteiger charge is -2.12. The summed E-state index contributed by atoms with van der Waals surface area (Å²) >= 11 is 23.2. The highest BCUT2D eigenvalue weighted by Gasteiger charge is 2.32. The second-order valence-electron chi connectivity index (χ2n) is 4.06. The average Bonchev–Trinajstić information content (AvgIpc) is 2.87. The predicted octanol–water partition coefficient (Wildman–Crippen LogP) is 4.54. The minimum absolute atomic E-state index is 0.0414. The van der Waals surface area contributed by atoms with Crippen molar-refractivity contribution >= 4 is 79.2 Å². The smallest absolute Gasteiger partial charge is 0.276 e. The molecule has 1 aromatic heterocycles. The number of thiophene rings is 1. The maximum absolute atomic E-state index is 12.6. The zero-order valence-corrected chi connectivity index (χ0v) is 15.2. The zero-order valence-electron chi connectivity index (χ0n) is 10.5. The molecule has 0 atom stereocenters. The number of nitrogens with one attached hydrogen (secondary N) is 1. The second kappa shape index (κ2) is 6.55. The molecule has 118 valence electrons. The number of rotatable bonds is 3. The summed E-state index contributed by atoms with van der Waals surface area (Å²) in [6, 6.07) is 5.66. The quantitative estimate of drug-likeness (QED) is 0.744. The standard InChI is InChI=1S/C12H7Cl4NO3S2/c13-7-1-3-8(4-2-7)22(19,20)10-6-21-5-9(10)17-11(18)12(14,15)16/h1-6H,(H,17,18). The van der Waals surface area contributed by atoms with Crippen LogP contribution in [0.5, 0.6) is 0 Å². The van der Waals surface area contributed by atoms with Crippen molar-refractivity contribution in [3.63, 3.8) is 0 Å². The monoisotopic (exact) mass is 417 g/mol. The van der Waals surface area contributed by atoms with Crippen molar-refractivity contribution in [3.05, 3.63) is 40.0 Å². The van der Waals surface area contributed by atoms with Crippen LogP contribution >= 0.6 is 57.7 Å². The Kier molecular flexibility index (Phi) is 5.31. The van der Waals surface area contributed by atoms with Crippen LogP contribution in [-0.2, 0) is 14.6 Å². The molecule has 0 spiro atoms. The Labute approximate surface area is 150 Å². The van der Waals surface area contributed by atoms with Gasteiger partial charge in [-0.05, 0) is 24.3 Å². The van der Waals surface area contributed by atoms with Gasteiger partial charge in [0.15, 0.2) is 0 Å². The van der Waals surface area contributed by atoms with Gasteiger partial charge in [0.1, 0.15) is 4.90 Å². The van der Waals surface area contributed by atoms with E-state index < -0.39 is 19.5 Å². The Bertz CT molecular complexity index is 795. The van der Waals surface area contributed by atoms with Gasteiger partial charge in [-0.3, -0.25) is 4.79 Å². The Balaban J connectivity index is 2.40. The van der Waals surface area contributed by atoms with Gasteiger partial charge in [0, 0.05) is 15.8 Å². The topological polar surface area (TPSA) is 63.2 Å². The van der Waals surface area contributed by atoms with Crippen molar-refractivity contribution < 1.29 is 13.2 Å². The number of carbonyl (C=O) groups excluding carboxylic acids is 1. The van der Waals surface area contributed by atoms with E-state index >= 15 is 0 Å². The van der Waals surface area contributed by atoms with Gasteiger partial charge in [-0.25, -0.2) is 8.42 Å². The lowest BCUT2D eigenvalue weighted by molar-refractivity contribution is -0.115. The van der Waals surface area contributed by atoms with Gasteiger partial charge in [-0.1, -0.05) is 46.4 Å². The van der Waals surface area contributed by atoms with Crippen molar-refractivity contribution in [1.29, 1.82) is 0 Å². The van der Waals surface area contributed by atoms with Crippen molar-refractivity contribution in [2.24, 2.45) is 0 Å². The highest BCUT2D eigenvalue weighted by atomic mass is 35.6. The van der Waals surface area contributed by atoms with Crippen LogP contribution in [0.2, 0.25) is 5.02 Å². The molecule has 1 heterocycles. The van der Waals surface area contributed by atoms with Crippen LogP contribution in [-0.4, -0.2) is 18.1 Å². The number of carbonyl (C=O) groups is 1. The Morgan fingerprint density at radius 2 is 1.68 bits per heavy atom. The number of hydrogen-bond donors (Lipinski definition) is 1. The number of anilines is 1. The second-order valence-corrected chi connectivity index (χ2v) is 9.44. The minimum Gasteiger partial charge on any atom is -0.320 e. The summed E-state index contributed by atoms with van der Waals surface area (Å²) in [5.41, 5.74) is 0.0521. The fraction of sp³-hybridized carbons (Fsp3) is 0.0833. The van der Waals surface area contributed by atoms with E-state index in [0.29, 0.717) is 5.02 Å². The average molecular weight is 419 g/mol. The first kappa shape index (κ1) is 17.8. The van der Waals surface area contributed by atoms with Crippen LogP contribution < -0.4 is 5.32 Å². The van der Waals surface area contributed by atoms with Crippen LogP contribution in [0.3, 0.4) is 0 Å². The van der Waals surface area contributed by atoms with E-state index in [1.54, 1.807) is 0 Å². The highest BCUT2D eigenvalue weighted by Crippen LogP contribution is 2.34. The predicted molar refractivity (Wildman–Crippen MR) is 90.1 cm³/mol. The summed E-state index contributed by atoms with van der Waals surface area (Å²) in [4.78, 5) is 11.6.